The molecule has 6 nitrogen and oxygen atoms in total. The van der Waals surface area contributed by atoms with E-state index in [1.165, 1.54) is 12.0 Å². The first-order chi connectivity index (χ1) is 14.5. The number of hydrogen-bond donors (Lipinski definition) is 0. The highest BCUT2D eigenvalue weighted by atomic mass is 35.5. The largest absolute Gasteiger partial charge is 0.468 e. The Hall–Kier alpha value is -3.03. The minimum atomic E-state index is -0.370. The first kappa shape index (κ1) is 20.3. The van der Waals surface area contributed by atoms with Crippen LogP contribution in [0.3, 0.4) is 0 Å². The third kappa shape index (κ3) is 3.99. The van der Waals surface area contributed by atoms with E-state index in [1.54, 1.807) is 41.1 Å². The fourth-order valence-corrected chi connectivity index (χ4v) is 4.23. The van der Waals surface area contributed by atoms with Gasteiger partial charge in [0.25, 0.3) is 11.1 Å². The number of nitrogens with zero attached hydrogens (tertiary/aromatic N) is 2. The Morgan fingerprint density at radius 1 is 1.13 bits per heavy atom. The molecule has 2 amide bonds. The number of hydrogen-bond acceptors (Lipinski definition) is 5. The molecule has 3 aromatic rings. The molecule has 0 aliphatic carbocycles. The summed E-state index contributed by atoms with van der Waals surface area (Å²) in [5.74, 6) is -0.713. The third-order valence-corrected chi connectivity index (χ3v) is 5.92. The van der Waals surface area contributed by atoms with E-state index in [-0.39, 0.29) is 30.2 Å². The van der Waals surface area contributed by atoms with Crippen LogP contribution in [0.15, 0.2) is 59.6 Å². The molecule has 0 radical (unpaired) electrons. The van der Waals surface area contributed by atoms with Crippen LogP contribution in [0.1, 0.15) is 11.1 Å². The lowest BCUT2D eigenvalue weighted by atomic mass is 10.1. The summed E-state index contributed by atoms with van der Waals surface area (Å²) < 4.78 is 6.53. The van der Waals surface area contributed by atoms with E-state index in [1.807, 2.05) is 24.3 Å². The topological polar surface area (TPSA) is 68.6 Å². The summed E-state index contributed by atoms with van der Waals surface area (Å²) in [6, 6.07) is 14.6. The minimum absolute atomic E-state index is 0.0584. The normalized spacial score (nSPS) is 15.4. The van der Waals surface area contributed by atoms with E-state index in [0.717, 1.165) is 33.8 Å². The standard InChI is InChI=1S/C22H17ClN2O4S/c1-29-20(26)13-24-12-15(17-4-2-3-5-18(17)24)10-19-21(27)25(22(28)30-19)11-14-6-8-16(23)9-7-14/h2-10,12H,11,13H2,1H3/b19-10-. The molecule has 0 saturated carbocycles. The summed E-state index contributed by atoms with van der Waals surface area (Å²) in [4.78, 5) is 38.6. The highest BCUT2D eigenvalue weighted by Crippen LogP contribution is 2.35. The molecule has 0 unspecified atom stereocenters. The van der Waals surface area contributed by atoms with Crippen LogP contribution in [0.25, 0.3) is 17.0 Å². The summed E-state index contributed by atoms with van der Waals surface area (Å²) in [7, 11) is 1.34. The fourth-order valence-electron chi connectivity index (χ4n) is 3.27. The maximum atomic E-state index is 12.9. The number of aromatic nitrogens is 1. The van der Waals surface area contributed by atoms with E-state index < -0.39 is 0 Å². The molecule has 1 aromatic heterocycles. The van der Waals surface area contributed by atoms with Gasteiger partial charge in [0.2, 0.25) is 0 Å². The summed E-state index contributed by atoms with van der Waals surface area (Å²) in [5.41, 5.74) is 2.42. The van der Waals surface area contributed by atoms with E-state index in [0.29, 0.717) is 9.93 Å². The molecular formula is C22H17ClN2O4S. The lowest BCUT2D eigenvalue weighted by molar-refractivity contribution is -0.141. The highest BCUT2D eigenvalue weighted by Gasteiger charge is 2.35. The van der Waals surface area contributed by atoms with Gasteiger partial charge in [-0.25, -0.2) is 0 Å². The molecular weight excluding hydrogens is 424 g/mol. The minimum Gasteiger partial charge on any atom is -0.468 e. The van der Waals surface area contributed by atoms with Crippen molar-refractivity contribution < 1.29 is 19.1 Å². The lowest BCUT2D eigenvalue weighted by Gasteiger charge is -2.12. The van der Waals surface area contributed by atoms with E-state index in [2.05, 4.69) is 0 Å². The molecule has 2 heterocycles. The molecule has 1 fully saturated rings. The van der Waals surface area contributed by atoms with Crippen molar-refractivity contribution in [3.8, 4) is 0 Å². The summed E-state index contributed by atoms with van der Waals surface area (Å²) in [6.45, 7) is 0.242. The van der Waals surface area contributed by atoms with Crippen LogP contribution < -0.4 is 0 Å². The monoisotopic (exact) mass is 440 g/mol. The predicted molar refractivity (Wildman–Crippen MR) is 117 cm³/mol. The number of ether oxygens (including phenoxy) is 1. The van der Waals surface area contributed by atoms with Crippen molar-refractivity contribution in [3.63, 3.8) is 0 Å². The number of benzene rings is 2. The number of imide groups is 1. The second-order valence-electron chi connectivity index (χ2n) is 6.70. The zero-order valence-electron chi connectivity index (χ0n) is 16.0. The van der Waals surface area contributed by atoms with Crippen molar-refractivity contribution in [2.24, 2.45) is 0 Å². The van der Waals surface area contributed by atoms with Crippen LogP contribution in [-0.2, 0) is 27.4 Å². The van der Waals surface area contributed by atoms with Gasteiger partial charge in [-0.2, -0.15) is 0 Å². The average molecular weight is 441 g/mol. The quantitative estimate of drug-likeness (QED) is 0.424. The van der Waals surface area contributed by atoms with Gasteiger partial charge in [0.15, 0.2) is 0 Å². The number of carbonyl (C=O) groups excluding carboxylic acids is 3. The molecule has 2 aromatic carbocycles. The number of fused-ring (bicyclic) bond motifs is 1. The number of para-hydroxylation sites is 1. The van der Waals surface area contributed by atoms with E-state index >= 15 is 0 Å². The zero-order valence-corrected chi connectivity index (χ0v) is 17.6. The Balaban J connectivity index is 1.64. The average Bonchev–Trinajstić information content (AvgIpc) is 3.22. The predicted octanol–water partition coefficient (Wildman–Crippen LogP) is 4.70. The number of amides is 2. The Morgan fingerprint density at radius 2 is 1.87 bits per heavy atom. The molecule has 1 aliphatic heterocycles. The molecule has 0 N–H and O–H groups in total. The fraction of sp³-hybridized carbons (Fsp3) is 0.136. The Bertz CT molecular complexity index is 1180. The Kier molecular flexibility index (Phi) is 5.65. The summed E-state index contributed by atoms with van der Waals surface area (Å²) in [5, 5.41) is 1.15. The maximum absolute atomic E-state index is 12.9. The number of methoxy groups -OCH3 is 1. The molecule has 0 atom stereocenters. The first-order valence-electron chi connectivity index (χ1n) is 9.11. The van der Waals surface area contributed by atoms with Gasteiger partial charge in [0.05, 0.1) is 18.6 Å². The summed E-state index contributed by atoms with van der Waals surface area (Å²) in [6.07, 6.45) is 3.48. The SMILES string of the molecule is COC(=O)Cn1cc(/C=C2\SC(=O)N(Cc3ccc(Cl)cc3)C2=O)c2ccccc21. The molecule has 0 spiro atoms. The first-order valence-corrected chi connectivity index (χ1v) is 10.3. The van der Waals surface area contributed by atoms with Crippen LogP contribution in [0.4, 0.5) is 4.79 Å². The molecule has 1 saturated heterocycles. The van der Waals surface area contributed by atoms with Gasteiger partial charge in [0.1, 0.15) is 6.54 Å². The van der Waals surface area contributed by atoms with Crippen LogP contribution in [-0.4, -0.2) is 33.7 Å². The van der Waals surface area contributed by atoms with Gasteiger partial charge >= 0.3 is 5.97 Å². The van der Waals surface area contributed by atoms with E-state index in [9.17, 15) is 14.4 Å². The van der Waals surface area contributed by atoms with Gasteiger partial charge in [-0.05, 0) is 41.6 Å². The summed E-state index contributed by atoms with van der Waals surface area (Å²) >= 11 is 6.80. The Labute approximate surface area is 182 Å². The molecule has 8 heteroatoms. The third-order valence-electron chi connectivity index (χ3n) is 4.76. The lowest BCUT2D eigenvalue weighted by Crippen LogP contribution is -2.27. The van der Waals surface area contributed by atoms with Gasteiger partial charge in [-0.1, -0.05) is 41.9 Å². The number of carbonyl (C=O) groups is 3. The van der Waals surface area contributed by atoms with Crippen molar-refractivity contribution in [2.75, 3.05) is 7.11 Å². The second kappa shape index (κ2) is 8.38. The molecule has 1 aliphatic rings. The second-order valence-corrected chi connectivity index (χ2v) is 8.13. The van der Waals surface area contributed by atoms with Crippen molar-refractivity contribution in [3.05, 3.63) is 75.8 Å². The number of thioether (sulfide) groups is 1. The van der Waals surface area contributed by atoms with Gasteiger partial charge < -0.3 is 9.30 Å². The van der Waals surface area contributed by atoms with Crippen molar-refractivity contribution in [2.45, 2.75) is 13.1 Å². The zero-order chi connectivity index (χ0) is 21.3. The van der Waals surface area contributed by atoms with Crippen molar-refractivity contribution in [1.29, 1.82) is 0 Å². The van der Waals surface area contributed by atoms with Crippen LogP contribution >= 0.6 is 23.4 Å². The number of halogens is 1. The molecule has 4 rings (SSSR count). The smallest absolute Gasteiger partial charge is 0.325 e. The van der Waals surface area contributed by atoms with Crippen molar-refractivity contribution >= 4 is 57.5 Å². The molecule has 30 heavy (non-hydrogen) atoms. The molecule has 0 bridgehead atoms. The van der Waals surface area contributed by atoms with Crippen LogP contribution in [0.2, 0.25) is 5.02 Å². The highest BCUT2D eigenvalue weighted by molar-refractivity contribution is 8.18. The van der Waals surface area contributed by atoms with Gasteiger partial charge in [-0.15, -0.1) is 0 Å². The van der Waals surface area contributed by atoms with Gasteiger partial charge in [-0.3, -0.25) is 19.3 Å². The number of rotatable bonds is 5. The van der Waals surface area contributed by atoms with Crippen LogP contribution in [0.5, 0.6) is 0 Å². The Morgan fingerprint density at radius 3 is 2.60 bits per heavy atom. The van der Waals surface area contributed by atoms with Crippen molar-refractivity contribution in [1.82, 2.24) is 9.47 Å². The van der Waals surface area contributed by atoms with Gasteiger partial charge in [0, 0.05) is 27.7 Å². The molecule has 152 valence electrons. The number of esters is 1. The van der Waals surface area contributed by atoms with E-state index in [4.69, 9.17) is 16.3 Å². The maximum Gasteiger partial charge on any atom is 0.325 e. The van der Waals surface area contributed by atoms with Crippen LogP contribution in [0, 0.1) is 0 Å².